The Kier molecular flexibility index (Phi) is 2.89. The molecule has 2 aromatic rings. The first-order valence-electron chi connectivity index (χ1n) is 5.88. The fraction of sp³-hybridized carbons (Fsp3) is 0.231. The molecule has 18 heavy (non-hydrogen) atoms. The van der Waals surface area contributed by atoms with Gasteiger partial charge in [0.05, 0.1) is 0 Å². The van der Waals surface area contributed by atoms with Crippen LogP contribution >= 0.6 is 11.6 Å². The highest BCUT2D eigenvalue weighted by molar-refractivity contribution is 6.30. The monoisotopic (exact) mass is 260 g/mol. The fourth-order valence-electron chi connectivity index (χ4n) is 1.86. The van der Waals surface area contributed by atoms with E-state index in [2.05, 4.69) is 15.4 Å². The summed E-state index contributed by atoms with van der Waals surface area (Å²) >= 11 is 5.88. The van der Waals surface area contributed by atoms with Crippen molar-refractivity contribution in [3.63, 3.8) is 0 Å². The molecule has 5 heteroatoms. The molecular weight excluding hydrogens is 248 g/mol. The van der Waals surface area contributed by atoms with Crippen LogP contribution in [0.3, 0.4) is 0 Å². The van der Waals surface area contributed by atoms with Gasteiger partial charge in [0.15, 0.2) is 5.82 Å². The lowest BCUT2D eigenvalue weighted by Crippen LogP contribution is -2.10. The van der Waals surface area contributed by atoms with E-state index >= 15 is 0 Å². The smallest absolute Gasteiger partial charge is 0.161 e. The molecule has 1 aromatic heterocycles. The molecule has 0 spiro atoms. The molecule has 0 atom stereocenters. The molecule has 0 bridgehead atoms. The third-order valence-corrected chi connectivity index (χ3v) is 3.24. The third kappa shape index (κ3) is 2.30. The Morgan fingerprint density at radius 2 is 1.89 bits per heavy atom. The first-order valence-corrected chi connectivity index (χ1v) is 6.25. The maximum Gasteiger partial charge on any atom is 0.161 e. The van der Waals surface area contributed by atoms with Crippen molar-refractivity contribution < 1.29 is 0 Å². The maximum atomic E-state index is 5.88. The molecule has 92 valence electrons. The van der Waals surface area contributed by atoms with Gasteiger partial charge in [0.1, 0.15) is 5.82 Å². The predicted molar refractivity (Wildman–Crippen MR) is 72.3 cm³/mol. The van der Waals surface area contributed by atoms with Gasteiger partial charge in [-0.1, -0.05) is 11.6 Å². The normalized spacial score (nSPS) is 14.6. The number of hydrogen-bond acceptors (Lipinski definition) is 4. The fourth-order valence-corrected chi connectivity index (χ4v) is 1.98. The quantitative estimate of drug-likeness (QED) is 0.658. The average molecular weight is 261 g/mol. The van der Waals surface area contributed by atoms with Crippen molar-refractivity contribution in [3.05, 3.63) is 41.0 Å². The Balaban J connectivity index is 2.04. The van der Waals surface area contributed by atoms with Gasteiger partial charge in [0, 0.05) is 28.3 Å². The number of halogens is 1. The second-order valence-electron chi connectivity index (χ2n) is 4.43. The van der Waals surface area contributed by atoms with Gasteiger partial charge in [-0.25, -0.2) is 15.8 Å². The SMILES string of the molecule is NNc1cc(C2CC2)nc(-c2ccc(Cl)cc2)n1. The standard InChI is InChI=1S/C13H13ClN4/c14-10-5-3-9(4-6-10)13-16-11(8-1-2-8)7-12(17-13)18-15/h3-8H,1-2,15H2,(H,16,17,18). The molecule has 0 aliphatic heterocycles. The highest BCUT2D eigenvalue weighted by Crippen LogP contribution is 2.40. The molecule has 0 radical (unpaired) electrons. The van der Waals surface area contributed by atoms with Crippen molar-refractivity contribution in [1.82, 2.24) is 9.97 Å². The Labute approximate surface area is 110 Å². The summed E-state index contributed by atoms with van der Waals surface area (Å²) in [5.41, 5.74) is 4.60. The number of hydrazine groups is 1. The number of nitrogens with one attached hydrogen (secondary N) is 1. The van der Waals surface area contributed by atoms with E-state index in [4.69, 9.17) is 17.4 Å². The van der Waals surface area contributed by atoms with Gasteiger partial charge >= 0.3 is 0 Å². The molecule has 0 saturated heterocycles. The summed E-state index contributed by atoms with van der Waals surface area (Å²) < 4.78 is 0. The van der Waals surface area contributed by atoms with Crippen molar-refractivity contribution in [2.45, 2.75) is 18.8 Å². The summed E-state index contributed by atoms with van der Waals surface area (Å²) in [4.78, 5) is 8.97. The molecular formula is C13H13ClN4. The largest absolute Gasteiger partial charge is 0.308 e. The molecule has 1 saturated carbocycles. The molecule has 0 unspecified atom stereocenters. The number of rotatable bonds is 3. The Morgan fingerprint density at radius 3 is 2.50 bits per heavy atom. The van der Waals surface area contributed by atoms with Gasteiger partial charge in [-0.2, -0.15) is 0 Å². The number of nitrogen functional groups attached to an aromatic ring is 1. The molecule has 0 amide bonds. The first kappa shape index (κ1) is 11.4. The van der Waals surface area contributed by atoms with Crippen molar-refractivity contribution in [1.29, 1.82) is 0 Å². The van der Waals surface area contributed by atoms with Crippen molar-refractivity contribution in [2.24, 2.45) is 5.84 Å². The zero-order valence-corrected chi connectivity index (χ0v) is 10.5. The minimum atomic E-state index is 0.561. The molecule has 1 aliphatic carbocycles. The lowest BCUT2D eigenvalue weighted by molar-refractivity contribution is 0.991. The van der Waals surface area contributed by atoms with Gasteiger partial charge in [0.2, 0.25) is 0 Å². The van der Waals surface area contributed by atoms with Crippen LogP contribution in [0.15, 0.2) is 30.3 Å². The highest BCUT2D eigenvalue weighted by Gasteiger charge is 2.26. The second kappa shape index (κ2) is 4.55. The van der Waals surface area contributed by atoms with E-state index in [1.165, 1.54) is 12.8 Å². The van der Waals surface area contributed by atoms with E-state index in [-0.39, 0.29) is 0 Å². The summed E-state index contributed by atoms with van der Waals surface area (Å²) in [6.07, 6.45) is 2.39. The van der Waals surface area contributed by atoms with Crippen LogP contribution in [-0.2, 0) is 0 Å². The Bertz CT molecular complexity index is 564. The van der Waals surface area contributed by atoms with Crippen LogP contribution in [0, 0.1) is 0 Å². The molecule has 1 heterocycles. The van der Waals surface area contributed by atoms with Crippen molar-refractivity contribution in [2.75, 3.05) is 5.43 Å². The number of anilines is 1. The first-order chi connectivity index (χ1) is 8.76. The minimum absolute atomic E-state index is 0.561. The number of aromatic nitrogens is 2. The zero-order chi connectivity index (χ0) is 12.5. The zero-order valence-electron chi connectivity index (χ0n) is 9.73. The van der Waals surface area contributed by atoms with Crippen LogP contribution < -0.4 is 11.3 Å². The summed E-state index contributed by atoms with van der Waals surface area (Å²) in [6.45, 7) is 0. The lowest BCUT2D eigenvalue weighted by Gasteiger charge is -2.07. The number of nitrogens with zero attached hydrogens (tertiary/aromatic N) is 2. The van der Waals surface area contributed by atoms with Crippen molar-refractivity contribution >= 4 is 17.4 Å². The van der Waals surface area contributed by atoms with Crippen LogP contribution in [0.2, 0.25) is 5.02 Å². The topological polar surface area (TPSA) is 63.8 Å². The van der Waals surface area contributed by atoms with Crippen LogP contribution in [0.4, 0.5) is 5.82 Å². The van der Waals surface area contributed by atoms with Crippen LogP contribution in [0.1, 0.15) is 24.5 Å². The lowest BCUT2D eigenvalue weighted by atomic mass is 10.2. The molecule has 1 aliphatic rings. The molecule has 3 N–H and O–H groups in total. The Morgan fingerprint density at radius 1 is 1.17 bits per heavy atom. The number of benzene rings is 1. The van der Waals surface area contributed by atoms with Gasteiger partial charge in [0.25, 0.3) is 0 Å². The van der Waals surface area contributed by atoms with Crippen LogP contribution in [0.25, 0.3) is 11.4 Å². The summed E-state index contributed by atoms with van der Waals surface area (Å²) in [5.74, 6) is 7.34. The van der Waals surface area contributed by atoms with Gasteiger partial charge in [-0.05, 0) is 37.1 Å². The van der Waals surface area contributed by atoms with Crippen molar-refractivity contribution in [3.8, 4) is 11.4 Å². The molecule has 3 rings (SSSR count). The van der Waals surface area contributed by atoms with Crippen LogP contribution in [0.5, 0.6) is 0 Å². The average Bonchev–Trinajstić information content (AvgIpc) is 3.23. The summed E-state index contributed by atoms with van der Waals surface area (Å²) in [5, 5.41) is 0.703. The highest BCUT2D eigenvalue weighted by atomic mass is 35.5. The van der Waals surface area contributed by atoms with E-state index in [0.29, 0.717) is 22.6 Å². The predicted octanol–water partition coefficient (Wildman–Crippen LogP) is 2.96. The van der Waals surface area contributed by atoms with Crippen LogP contribution in [-0.4, -0.2) is 9.97 Å². The van der Waals surface area contributed by atoms with E-state index in [9.17, 15) is 0 Å². The van der Waals surface area contributed by atoms with Gasteiger partial charge in [-0.15, -0.1) is 0 Å². The van der Waals surface area contributed by atoms with E-state index < -0.39 is 0 Å². The second-order valence-corrected chi connectivity index (χ2v) is 4.86. The van der Waals surface area contributed by atoms with E-state index in [1.807, 2.05) is 30.3 Å². The Hall–Kier alpha value is -1.65. The van der Waals surface area contributed by atoms with E-state index in [1.54, 1.807) is 0 Å². The van der Waals surface area contributed by atoms with Gasteiger partial charge < -0.3 is 5.43 Å². The summed E-state index contributed by atoms with van der Waals surface area (Å²) in [6, 6.07) is 9.40. The molecule has 4 nitrogen and oxygen atoms in total. The van der Waals surface area contributed by atoms with Gasteiger partial charge in [-0.3, -0.25) is 0 Å². The van der Waals surface area contributed by atoms with E-state index in [0.717, 1.165) is 11.3 Å². The third-order valence-electron chi connectivity index (χ3n) is 2.99. The molecule has 1 fully saturated rings. The summed E-state index contributed by atoms with van der Waals surface area (Å²) in [7, 11) is 0. The number of hydrogen-bond donors (Lipinski definition) is 2. The number of nitrogens with two attached hydrogens (primary N) is 1. The molecule has 1 aromatic carbocycles. The maximum absolute atomic E-state index is 5.88. The minimum Gasteiger partial charge on any atom is -0.308 e.